The van der Waals surface area contributed by atoms with Crippen molar-refractivity contribution >= 4 is 17.5 Å². The van der Waals surface area contributed by atoms with Crippen LogP contribution < -0.4 is 0 Å². The molecule has 0 aromatic carbocycles. The number of hydrogen-bond acceptors (Lipinski definition) is 4. The summed E-state index contributed by atoms with van der Waals surface area (Å²) in [5, 5.41) is 0. The maximum Gasteiger partial charge on any atom is 0.310 e. The van der Waals surface area contributed by atoms with Crippen LogP contribution in [0.2, 0.25) is 0 Å². The molecule has 5 heteroatoms. The predicted octanol–water partition coefficient (Wildman–Crippen LogP) is 3.32. The van der Waals surface area contributed by atoms with E-state index >= 15 is 0 Å². The average molecular weight is 331 g/mol. The number of aryl methyl sites for hydroxylation is 1. The Kier molecular flexibility index (Phi) is 5.65. The fraction of sp³-hybridized carbons (Fsp3) is 0.474. The van der Waals surface area contributed by atoms with E-state index in [2.05, 4.69) is 0 Å². The zero-order valence-electron chi connectivity index (χ0n) is 14.8. The summed E-state index contributed by atoms with van der Waals surface area (Å²) in [5.41, 5.74) is 2.33. The van der Waals surface area contributed by atoms with E-state index < -0.39 is 5.60 Å². The number of fused-ring (bicyclic) bond motifs is 1. The second kappa shape index (κ2) is 7.51. The Hall–Kier alpha value is -2.30. The number of carbonyl (C=O) groups excluding carboxylic acids is 2. The molecular weight excluding hydrogens is 306 g/mol. The lowest BCUT2D eigenvalue weighted by atomic mass is 10.0. The van der Waals surface area contributed by atoms with Gasteiger partial charge in [0.1, 0.15) is 5.60 Å². The highest BCUT2D eigenvalue weighted by molar-refractivity contribution is 5.78. The zero-order chi connectivity index (χ0) is 17.7. The molecule has 2 aromatic rings. The first-order chi connectivity index (χ1) is 11.3. The highest BCUT2D eigenvalue weighted by Crippen LogP contribution is 2.22. The van der Waals surface area contributed by atoms with Gasteiger partial charge >= 0.3 is 11.9 Å². The summed E-state index contributed by atoms with van der Waals surface area (Å²) in [4.78, 5) is 23.9. The quantitative estimate of drug-likeness (QED) is 0.762. The number of esters is 2. The number of rotatable bonds is 6. The number of pyridine rings is 1. The third-order valence-electron chi connectivity index (χ3n) is 3.53. The van der Waals surface area contributed by atoms with Crippen molar-refractivity contribution in [1.29, 1.82) is 0 Å². The van der Waals surface area contributed by atoms with Gasteiger partial charge in [-0.3, -0.25) is 9.59 Å². The molecule has 0 atom stereocenters. The van der Waals surface area contributed by atoms with Gasteiger partial charge in [-0.15, -0.1) is 0 Å². The van der Waals surface area contributed by atoms with Gasteiger partial charge in [-0.1, -0.05) is 6.07 Å². The molecule has 2 aromatic heterocycles. The molecule has 0 fully saturated rings. The molecule has 0 saturated heterocycles. The van der Waals surface area contributed by atoms with Crippen molar-refractivity contribution in [3.63, 3.8) is 0 Å². The summed E-state index contributed by atoms with van der Waals surface area (Å²) in [6.45, 7) is 7.72. The fourth-order valence-corrected chi connectivity index (χ4v) is 2.65. The minimum atomic E-state index is -0.516. The van der Waals surface area contributed by atoms with Gasteiger partial charge in [-0.25, -0.2) is 0 Å². The van der Waals surface area contributed by atoms with Gasteiger partial charge in [-0.05, 0) is 57.4 Å². The van der Waals surface area contributed by atoms with E-state index in [4.69, 9.17) is 9.47 Å². The first-order valence-corrected chi connectivity index (χ1v) is 8.25. The molecule has 130 valence electrons. The van der Waals surface area contributed by atoms with Crippen LogP contribution in [-0.2, 0) is 31.9 Å². The molecule has 2 rings (SSSR count). The molecule has 0 unspecified atom stereocenters. The van der Waals surface area contributed by atoms with Crippen LogP contribution in [0, 0.1) is 0 Å². The van der Waals surface area contributed by atoms with E-state index in [1.54, 1.807) is 6.92 Å². The summed E-state index contributed by atoms with van der Waals surface area (Å²) in [6, 6.07) is 5.83. The van der Waals surface area contributed by atoms with Gasteiger partial charge in [0.2, 0.25) is 0 Å². The topological polar surface area (TPSA) is 57.0 Å². The third-order valence-corrected chi connectivity index (χ3v) is 3.53. The molecule has 0 N–H and O–H groups in total. The van der Waals surface area contributed by atoms with Crippen LogP contribution in [0.3, 0.4) is 0 Å². The molecule has 0 aliphatic carbocycles. The van der Waals surface area contributed by atoms with Crippen molar-refractivity contribution < 1.29 is 19.1 Å². The Morgan fingerprint density at radius 1 is 1.17 bits per heavy atom. The summed E-state index contributed by atoms with van der Waals surface area (Å²) >= 11 is 0. The van der Waals surface area contributed by atoms with Gasteiger partial charge < -0.3 is 13.9 Å². The number of ether oxygens (including phenoxy) is 2. The molecule has 2 heterocycles. The highest BCUT2D eigenvalue weighted by Gasteiger charge is 2.20. The Labute approximate surface area is 142 Å². The van der Waals surface area contributed by atoms with E-state index in [1.807, 2.05) is 55.8 Å². The van der Waals surface area contributed by atoms with Gasteiger partial charge in [0.05, 0.1) is 13.0 Å². The zero-order valence-corrected chi connectivity index (χ0v) is 14.8. The smallest absolute Gasteiger partial charge is 0.310 e. The van der Waals surface area contributed by atoms with E-state index in [9.17, 15) is 9.59 Å². The highest BCUT2D eigenvalue weighted by atomic mass is 16.6. The lowest BCUT2D eigenvalue weighted by Gasteiger charge is -2.19. The maximum atomic E-state index is 12.2. The summed E-state index contributed by atoms with van der Waals surface area (Å²) < 4.78 is 12.4. The van der Waals surface area contributed by atoms with Crippen molar-refractivity contribution in [3.8, 4) is 0 Å². The van der Waals surface area contributed by atoms with Crippen LogP contribution >= 0.6 is 0 Å². The van der Waals surface area contributed by atoms with Crippen LogP contribution in [0.4, 0.5) is 0 Å². The molecule has 0 amide bonds. The van der Waals surface area contributed by atoms with Crippen molar-refractivity contribution in [2.24, 2.45) is 0 Å². The van der Waals surface area contributed by atoms with Gasteiger partial charge in [-0.2, -0.15) is 0 Å². The summed E-state index contributed by atoms with van der Waals surface area (Å²) in [7, 11) is 0. The number of hydrogen-bond donors (Lipinski definition) is 0. The van der Waals surface area contributed by atoms with Crippen LogP contribution in [0.15, 0.2) is 30.6 Å². The molecule has 0 radical (unpaired) electrons. The number of carbonyl (C=O) groups is 2. The van der Waals surface area contributed by atoms with Crippen molar-refractivity contribution in [1.82, 2.24) is 4.40 Å². The molecule has 0 aliphatic heterocycles. The van der Waals surface area contributed by atoms with Crippen LogP contribution in [0.25, 0.3) is 5.52 Å². The second-order valence-corrected chi connectivity index (χ2v) is 6.69. The number of nitrogens with zero attached hydrogens (tertiary/aromatic N) is 1. The average Bonchev–Trinajstić information content (AvgIpc) is 2.82. The van der Waals surface area contributed by atoms with Crippen molar-refractivity contribution in [3.05, 3.63) is 41.7 Å². The Morgan fingerprint density at radius 2 is 1.92 bits per heavy atom. The van der Waals surface area contributed by atoms with E-state index in [0.717, 1.165) is 16.6 Å². The van der Waals surface area contributed by atoms with Gasteiger partial charge in [0.25, 0.3) is 0 Å². The molecule has 5 nitrogen and oxygen atoms in total. The SMILES string of the molecule is CCOC(=O)CCc1cn2ccccc2c1CC(=O)OC(C)(C)C. The molecule has 0 spiro atoms. The molecular formula is C19H25NO4. The van der Waals surface area contributed by atoms with Gasteiger partial charge in [0.15, 0.2) is 0 Å². The second-order valence-electron chi connectivity index (χ2n) is 6.69. The minimum absolute atomic E-state index is 0.190. The Morgan fingerprint density at radius 3 is 2.58 bits per heavy atom. The Bertz CT molecular complexity index is 725. The standard InChI is InChI=1S/C19H25NO4/c1-5-23-17(21)10-9-14-13-20-11-7-6-8-16(20)15(14)12-18(22)24-19(2,3)4/h6-8,11,13H,5,9-10,12H2,1-4H3. The van der Waals surface area contributed by atoms with Crippen molar-refractivity contribution in [2.75, 3.05) is 6.61 Å². The fourth-order valence-electron chi connectivity index (χ4n) is 2.65. The van der Waals surface area contributed by atoms with Crippen LogP contribution in [-0.4, -0.2) is 28.5 Å². The van der Waals surface area contributed by atoms with Gasteiger partial charge in [0, 0.05) is 24.3 Å². The molecule has 0 aliphatic rings. The predicted molar refractivity (Wildman–Crippen MR) is 91.9 cm³/mol. The van der Waals surface area contributed by atoms with Crippen LogP contribution in [0.5, 0.6) is 0 Å². The van der Waals surface area contributed by atoms with Crippen LogP contribution in [0.1, 0.15) is 45.2 Å². The largest absolute Gasteiger partial charge is 0.466 e. The molecule has 0 saturated carbocycles. The summed E-state index contributed by atoms with van der Waals surface area (Å²) in [5.74, 6) is -0.493. The van der Waals surface area contributed by atoms with E-state index in [0.29, 0.717) is 19.4 Å². The van der Waals surface area contributed by atoms with E-state index in [1.165, 1.54) is 0 Å². The third kappa shape index (κ3) is 4.85. The van der Waals surface area contributed by atoms with E-state index in [-0.39, 0.29) is 18.4 Å². The molecule has 0 bridgehead atoms. The summed E-state index contributed by atoms with van der Waals surface area (Å²) in [6.07, 6.45) is 4.93. The first kappa shape index (κ1) is 18.0. The maximum absolute atomic E-state index is 12.2. The lowest BCUT2D eigenvalue weighted by molar-refractivity contribution is -0.153. The van der Waals surface area contributed by atoms with Crippen molar-refractivity contribution in [2.45, 2.75) is 52.6 Å². The normalized spacial score (nSPS) is 11.5. The molecule has 24 heavy (non-hydrogen) atoms. The first-order valence-electron chi connectivity index (χ1n) is 8.25. The lowest BCUT2D eigenvalue weighted by Crippen LogP contribution is -2.25. The monoisotopic (exact) mass is 331 g/mol. The minimum Gasteiger partial charge on any atom is -0.466 e. The Balaban J connectivity index is 2.23. The number of aromatic nitrogens is 1.